The van der Waals surface area contributed by atoms with E-state index >= 15 is 0 Å². The first kappa shape index (κ1) is 16.2. The van der Waals surface area contributed by atoms with Gasteiger partial charge >= 0.3 is 0 Å². The summed E-state index contributed by atoms with van der Waals surface area (Å²) < 4.78 is 11.7. The number of benzene rings is 1. The number of ether oxygens (including phenoxy) is 2. The minimum absolute atomic E-state index is 0.388. The lowest BCUT2D eigenvalue weighted by atomic mass is 9.96. The highest BCUT2D eigenvalue weighted by Gasteiger charge is 2.18. The molecule has 3 heteroatoms. The molecule has 1 aliphatic rings. The summed E-state index contributed by atoms with van der Waals surface area (Å²) in [4.78, 5) is 0. The molecule has 2 rings (SSSR count). The van der Waals surface area contributed by atoms with E-state index in [-0.39, 0.29) is 0 Å². The largest absolute Gasteiger partial charge is 0.489 e. The molecule has 1 aromatic rings. The molecule has 118 valence electrons. The van der Waals surface area contributed by atoms with Crippen molar-refractivity contribution in [3.63, 3.8) is 0 Å². The van der Waals surface area contributed by atoms with Crippen molar-refractivity contribution in [3.05, 3.63) is 23.8 Å². The van der Waals surface area contributed by atoms with E-state index in [0.29, 0.717) is 17.9 Å². The number of hydrogen-bond acceptors (Lipinski definition) is 3. The van der Waals surface area contributed by atoms with E-state index in [1.807, 2.05) is 0 Å². The Kier molecular flexibility index (Phi) is 5.92. The summed E-state index contributed by atoms with van der Waals surface area (Å²) in [5.74, 6) is 2.87. The van der Waals surface area contributed by atoms with E-state index in [0.717, 1.165) is 44.1 Å². The molecular formula is C18H29NO2. The van der Waals surface area contributed by atoms with Gasteiger partial charge in [0, 0.05) is 12.0 Å². The molecule has 1 aliphatic heterocycles. The molecule has 2 atom stereocenters. The van der Waals surface area contributed by atoms with E-state index in [9.17, 15) is 0 Å². The van der Waals surface area contributed by atoms with Crippen LogP contribution in [0.1, 0.15) is 52.1 Å². The minimum atomic E-state index is 0.388. The molecule has 3 nitrogen and oxygen atoms in total. The van der Waals surface area contributed by atoms with Crippen LogP contribution < -0.4 is 14.8 Å². The Morgan fingerprint density at radius 1 is 1.19 bits per heavy atom. The van der Waals surface area contributed by atoms with Gasteiger partial charge in [-0.3, -0.25) is 0 Å². The van der Waals surface area contributed by atoms with Crippen LogP contribution in [0, 0.1) is 11.8 Å². The summed E-state index contributed by atoms with van der Waals surface area (Å²) in [6, 6.07) is 6.78. The molecule has 1 heterocycles. The van der Waals surface area contributed by atoms with Crippen LogP contribution >= 0.6 is 0 Å². The lowest BCUT2D eigenvalue weighted by Crippen LogP contribution is -2.23. The average Bonchev–Trinajstić information content (AvgIpc) is 2.65. The third-order valence-electron chi connectivity index (χ3n) is 3.76. The molecule has 2 unspecified atom stereocenters. The van der Waals surface area contributed by atoms with Crippen molar-refractivity contribution in [2.24, 2.45) is 11.8 Å². The Labute approximate surface area is 129 Å². The van der Waals surface area contributed by atoms with Gasteiger partial charge in [0.25, 0.3) is 0 Å². The van der Waals surface area contributed by atoms with Crippen molar-refractivity contribution >= 4 is 0 Å². The maximum absolute atomic E-state index is 5.91. The van der Waals surface area contributed by atoms with Crippen molar-refractivity contribution < 1.29 is 9.47 Å². The standard InChI is InChI=1S/C18H29NO2/c1-5-8-19-16(9-13(2)3)15-6-7-17-18(10-15)21-12-14(4)11-20-17/h6-7,10,13-14,16,19H,5,8-9,11-12H2,1-4H3. The van der Waals surface area contributed by atoms with Crippen LogP contribution in [0.4, 0.5) is 0 Å². The van der Waals surface area contributed by atoms with Gasteiger partial charge < -0.3 is 14.8 Å². The molecule has 0 radical (unpaired) electrons. The predicted molar refractivity (Wildman–Crippen MR) is 87.1 cm³/mol. The molecule has 21 heavy (non-hydrogen) atoms. The molecule has 0 saturated heterocycles. The number of rotatable bonds is 6. The highest BCUT2D eigenvalue weighted by Crippen LogP contribution is 2.34. The third-order valence-corrected chi connectivity index (χ3v) is 3.76. The zero-order valence-electron chi connectivity index (χ0n) is 13.8. The summed E-state index contributed by atoms with van der Waals surface area (Å²) in [5.41, 5.74) is 1.30. The predicted octanol–water partition coefficient (Wildman–Crippen LogP) is 4.18. The van der Waals surface area contributed by atoms with Gasteiger partial charge in [0.05, 0.1) is 13.2 Å². The van der Waals surface area contributed by atoms with Crippen LogP contribution in [0.25, 0.3) is 0 Å². The molecule has 0 saturated carbocycles. The fourth-order valence-corrected chi connectivity index (χ4v) is 2.61. The van der Waals surface area contributed by atoms with Gasteiger partial charge in [-0.05, 0) is 43.0 Å². The number of nitrogens with one attached hydrogen (secondary N) is 1. The zero-order valence-corrected chi connectivity index (χ0v) is 13.8. The lowest BCUT2D eigenvalue weighted by Gasteiger charge is -2.22. The first-order valence-electron chi connectivity index (χ1n) is 8.23. The second kappa shape index (κ2) is 7.69. The van der Waals surface area contributed by atoms with E-state index in [4.69, 9.17) is 9.47 Å². The van der Waals surface area contributed by atoms with Gasteiger partial charge in [0.2, 0.25) is 0 Å². The maximum Gasteiger partial charge on any atom is 0.161 e. The fraction of sp³-hybridized carbons (Fsp3) is 0.667. The first-order chi connectivity index (χ1) is 10.1. The highest BCUT2D eigenvalue weighted by molar-refractivity contribution is 5.44. The SMILES string of the molecule is CCCNC(CC(C)C)c1ccc2c(c1)OCC(C)CO2. The van der Waals surface area contributed by atoms with Crippen molar-refractivity contribution in [2.75, 3.05) is 19.8 Å². The van der Waals surface area contributed by atoms with Crippen molar-refractivity contribution in [1.29, 1.82) is 0 Å². The third kappa shape index (κ3) is 4.63. The topological polar surface area (TPSA) is 30.5 Å². The molecule has 0 spiro atoms. The monoisotopic (exact) mass is 291 g/mol. The quantitative estimate of drug-likeness (QED) is 0.853. The Bertz CT molecular complexity index is 445. The van der Waals surface area contributed by atoms with E-state index in [2.05, 4.69) is 51.2 Å². The van der Waals surface area contributed by atoms with Gasteiger partial charge in [0.1, 0.15) is 0 Å². The van der Waals surface area contributed by atoms with Crippen molar-refractivity contribution in [2.45, 2.75) is 46.6 Å². The highest BCUT2D eigenvalue weighted by atomic mass is 16.5. The van der Waals surface area contributed by atoms with Crippen LogP contribution in [-0.2, 0) is 0 Å². The normalized spacial score (nSPS) is 19.4. The smallest absolute Gasteiger partial charge is 0.161 e. The average molecular weight is 291 g/mol. The molecular weight excluding hydrogens is 262 g/mol. The first-order valence-corrected chi connectivity index (χ1v) is 8.23. The van der Waals surface area contributed by atoms with Crippen molar-refractivity contribution in [3.8, 4) is 11.5 Å². The second-order valence-electron chi connectivity index (χ2n) is 6.57. The number of hydrogen-bond donors (Lipinski definition) is 1. The molecule has 1 aromatic carbocycles. The number of fused-ring (bicyclic) bond motifs is 1. The van der Waals surface area contributed by atoms with Crippen LogP contribution in [-0.4, -0.2) is 19.8 Å². The van der Waals surface area contributed by atoms with Gasteiger partial charge in [-0.1, -0.05) is 33.8 Å². The van der Waals surface area contributed by atoms with E-state index in [1.54, 1.807) is 0 Å². The molecule has 0 bridgehead atoms. The van der Waals surface area contributed by atoms with Gasteiger partial charge in [-0.25, -0.2) is 0 Å². The second-order valence-corrected chi connectivity index (χ2v) is 6.57. The summed E-state index contributed by atoms with van der Waals surface area (Å²) >= 11 is 0. The van der Waals surface area contributed by atoms with E-state index < -0.39 is 0 Å². The van der Waals surface area contributed by atoms with Crippen LogP contribution in [0.5, 0.6) is 11.5 Å². The zero-order chi connectivity index (χ0) is 15.2. The Morgan fingerprint density at radius 2 is 1.90 bits per heavy atom. The summed E-state index contributed by atoms with van der Waals surface area (Å²) in [7, 11) is 0. The molecule has 0 amide bonds. The van der Waals surface area contributed by atoms with Crippen LogP contribution in [0.2, 0.25) is 0 Å². The Hall–Kier alpha value is -1.22. The molecule has 0 fully saturated rings. The van der Waals surface area contributed by atoms with Crippen LogP contribution in [0.15, 0.2) is 18.2 Å². The van der Waals surface area contributed by atoms with Gasteiger partial charge in [-0.15, -0.1) is 0 Å². The molecule has 0 aliphatic carbocycles. The minimum Gasteiger partial charge on any atom is -0.489 e. The fourth-order valence-electron chi connectivity index (χ4n) is 2.61. The Balaban J connectivity index is 2.17. The van der Waals surface area contributed by atoms with E-state index in [1.165, 1.54) is 5.56 Å². The summed E-state index contributed by atoms with van der Waals surface area (Å²) in [5, 5.41) is 3.65. The molecule has 1 N–H and O–H groups in total. The van der Waals surface area contributed by atoms with Gasteiger partial charge in [0.15, 0.2) is 11.5 Å². The Morgan fingerprint density at radius 3 is 2.57 bits per heavy atom. The van der Waals surface area contributed by atoms with Crippen molar-refractivity contribution in [1.82, 2.24) is 5.32 Å². The van der Waals surface area contributed by atoms with Gasteiger partial charge in [-0.2, -0.15) is 0 Å². The summed E-state index contributed by atoms with van der Waals surface area (Å²) in [6.07, 6.45) is 2.28. The molecule has 0 aromatic heterocycles. The maximum atomic E-state index is 5.91. The summed E-state index contributed by atoms with van der Waals surface area (Å²) in [6.45, 7) is 11.4. The van der Waals surface area contributed by atoms with Crippen LogP contribution in [0.3, 0.4) is 0 Å². The lowest BCUT2D eigenvalue weighted by molar-refractivity contribution is 0.228.